The minimum atomic E-state index is 0.465. The Labute approximate surface area is 79.9 Å². The molecule has 0 aliphatic rings. The van der Waals surface area contributed by atoms with Crippen LogP contribution in [0.15, 0.2) is 30.3 Å². The standard InChI is InChI=1S/C9H7IO/c10-7-4-8-11-9-5-2-1-3-6-9/h1-3,5-6H,8H2. The molecule has 0 fully saturated rings. The lowest BCUT2D eigenvalue weighted by Crippen LogP contribution is -1.92. The van der Waals surface area contributed by atoms with Crippen molar-refractivity contribution in [2.45, 2.75) is 0 Å². The summed E-state index contributed by atoms with van der Waals surface area (Å²) in [5.41, 5.74) is 0. The summed E-state index contributed by atoms with van der Waals surface area (Å²) in [4.78, 5) is 0. The van der Waals surface area contributed by atoms with E-state index in [1.807, 2.05) is 52.9 Å². The molecule has 56 valence electrons. The van der Waals surface area contributed by atoms with Crippen LogP contribution in [0, 0.1) is 9.85 Å². The summed E-state index contributed by atoms with van der Waals surface area (Å²) in [6.07, 6.45) is 0. The highest BCUT2D eigenvalue weighted by atomic mass is 127. The molecule has 0 saturated carbocycles. The van der Waals surface area contributed by atoms with E-state index >= 15 is 0 Å². The van der Waals surface area contributed by atoms with Gasteiger partial charge in [-0.25, -0.2) is 0 Å². The van der Waals surface area contributed by atoms with Gasteiger partial charge in [0, 0.05) is 22.6 Å². The predicted octanol–water partition coefficient (Wildman–Crippen LogP) is 2.46. The van der Waals surface area contributed by atoms with E-state index in [0.717, 1.165) is 5.75 Å². The van der Waals surface area contributed by atoms with E-state index in [0.29, 0.717) is 6.61 Å². The van der Waals surface area contributed by atoms with Crippen LogP contribution in [0.4, 0.5) is 0 Å². The number of benzene rings is 1. The first-order valence-electron chi connectivity index (χ1n) is 3.20. The highest BCUT2D eigenvalue weighted by Gasteiger charge is 1.85. The van der Waals surface area contributed by atoms with Crippen LogP contribution in [-0.2, 0) is 0 Å². The zero-order chi connectivity index (χ0) is 7.94. The second-order valence-corrected chi connectivity index (χ2v) is 2.41. The van der Waals surface area contributed by atoms with Gasteiger partial charge < -0.3 is 4.74 Å². The number of para-hydroxylation sites is 1. The van der Waals surface area contributed by atoms with Gasteiger partial charge in [-0.15, -0.1) is 0 Å². The molecule has 0 amide bonds. The molecule has 0 atom stereocenters. The van der Waals surface area contributed by atoms with Crippen molar-refractivity contribution in [1.82, 2.24) is 0 Å². The van der Waals surface area contributed by atoms with E-state index < -0.39 is 0 Å². The minimum Gasteiger partial charge on any atom is -0.481 e. The number of hydrogen-bond donors (Lipinski definition) is 0. The Kier molecular flexibility index (Phi) is 3.84. The molecule has 0 saturated heterocycles. The summed E-state index contributed by atoms with van der Waals surface area (Å²) >= 11 is 1.99. The first kappa shape index (κ1) is 8.41. The van der Waals surface area contributed by atoms with Crippen LogP contribution >= 0.6 is 22.6 Å². The molecule has 11 heavy (non-hydrogen) atoms. The summed E-state index contributed by atoms with van der Waals surface area (Å²) in [7, 11) is 0. The highest BCUT2D eigenvalue weighted by molar-refractivity contribution is 14.1. The Morgan fingerprint density at radius 3 is 2.64 bits per heavy atom. The van der Waals surface area contributed by atoms with Crippen molar-refractivity contribution < 1.29 is 4.74 Å². The summed E-state index contributed by atoms with van der Waals surface area (Å²) in [5, 5.41) is 0. The summed E-state index contributed by atoms with van der Waals surface area (Å²) in [5.74, 6) is 3.68. The van der Waals surface area contributed by atoms with Gasteiger partial charge in [-0.2, -0.15) is 0 Å². The van der Waals surface area contributed by atoms with Crippen molar-refractivity contribution in [3.8, 4) is 15.6 Å². The first-order valence-corrected chi connectivity index (χ1v) is 4.27. The molecule has 1 aromatic carbocycles. The topological polar surface area (TPSA) is 9.23 Å². The van der Waals surface area contributed by atoms with Crippen molar-refractivity contribution in [2.75, 3.05) is 6.61 Å². The maximum atomic E-state index is 5.27. The van der Waals surface area contributed by atoms with Gasteiger partial charge in [0.1, 0.15) is 12.4 Å². The lowest BCUT2D eigenvalue weighted by molar-refractivity contribution is 0.370. The third-order valence-electron chi connectivity index (χ3n) is 1.12. The van der Waals surface area contributed by atoms with Crippen molar-refractivity contribution in [1.29, 1.82) is 0 Å². The fraction of sp³-hybridized carbons (Fsp3) is 0.111. The molecule has 2 heteroatoms. The van der Waals surface area contributed by atoms with Crippen LogP contribution in [0.1, 0.15) is 0 Å². The molecule has 1 nitrogen and oxygen atoms in total. The molecule has 0 aliphatic heterocycles. The van der Waals surface area contributed by atoms with Crippen molar-refractivity contribution in [2.24, 2.45) is 0 Å². The molecular formula is C9H7IO. The van der Waals surface area contributed by atoms with Gasteiger partial charge in [-0.05, 0) is 16.1 Å². The second-order valence-electron chi connectivity index (χ2n) is 1.87. The molecule has 0 unspecified atom stereocenters. The third-order valence-corrected chi connectivity index (χ3v) is 1.50. The lowest BCUT2D eigenvalue weighted by Gasteiger charge is -1.98. The molecule has 0 heterocycles. The molecule has 0 bridgehead atoms. The Morgan fingerprint density at radius 2 is 2.00 bits per heavy atom. The average Bonchev–Trinajstić information content (AvgIpc) is 2.07. The molecule has 0 spiro atoms. The van der Waals surface area contributed by atoms with E-state index in [1.54, 1.807) is 0 Å². The van der Waals surface area contributed by atoms with E-state index in [9.17, 15) is 0 Å². The van der Waals surface area contributed by atoms with E-state index in [2.05, 4.69) is 9.85 Å². The van der Waals surface area contributed by atoms with Crippen LogP contribution in [0.5, 0.6) is 5.75 Å². The summed E-state index contributed by atoms with van der Waals surface area (Å²) in [6.45, 7) is 0.465. The minimum absolute atomic E-state index is 0.465. The molecule has 0 aliphatic carbocycles. The van der Waals surface area contributed by atoms with Crippen molar-refractivity contribution in [3.05, 3.63) is 30.3 Å². The number of halogens is 1. The van der Waals surface area contributed by atoms with E-state index in [-0.39, 0.29) is 0 Å². The Bertz CT molecular complexity index is 258. The number of rotatable bonds is 2. The van der Waals surface area contributed by atoms with Gasteiger partial charge in [-0.1, -0.05) is 24.1 Å². The van der Waals surface area contributed by atoms with Gasteiger partial charge in [0.15, 0.2) is 0 Å². The van der Waals surface area contributed by atoms with E-state index in [1.165, 1.54) is 0 Å². The van der Waals surface area contributed by atoms with E-state index in [4.69, 9.17) is 4.74 Å². The van der Waals surface area contributed by atoms with Crippen LogP contribution < -0.4 is 4.74 Å². The Balaban J connectivity index is 2.43. The quantitative estimate of drug-likeness (QED) is 0.584. The van der Waals surface area contributed by atoms with Crippen LogP contribution in [0.2, 0.25) is 0 Å². The Morgan fingerprint density at radius 1 is 1.27 bits per heavy atom. The third kappa shape index (κ3) is 3.28. The Hall–Kier alpha value is -0.690. The maximum Gasteiger partial charge on any atom is 0.149 e. The first-order chi connectivity index (χ1) is 5.43. The lowest BCUT2D eigenvalue weighted by atomic mass is 10.3. The molecule has 0 radical (unpaired) electrons. The van der Waals surface area contributed by atoms with Crippen molar-refractivity contribution >= 4 is 22.6 Å². The van der Waals surface area contributed by atoms with Gasteiger partial charge in [0.25, 0.3) is 0 Å². The van der Waals surface area contributed by atoms with Gasteiger partial charge in [0.2, 0.25) is 0 Å². The van der Waals surface area contributed by atoms with Crippen LogP contribution in [-0.4, -0.2) is 6.61 Å². The van der Waals surface area contributed by atoms with Crippen LogP contribution in [0.3, 0.4) is 0 Å². The number of ether oxygens (including phenoxy) is 1. The molecule has 0 N–H and O–H groups in total. The molecular weight excluding hydrogens is 251 g/mol. The highest BCUT2D eigenvalue weighted by Crippen LogP contribution is 2.07. The zero-order valence-corrected chi connectivity index (χ0v) is 8.04. The smallest absolute Gasteiger partial charge is 0.149 e. The molecule has 1 rings (SSSR count). The van der Waals surface area contributed by atoms with Crippen molar-refractivity contribution in [3.63, 3.8) is 0 Å². The predicted molar refractivity (Wildman–Crippen MR) is 53.7 cm³/mol. The fourth-order valence-electron chi connectivity index (χ4n) is 0.663. The normalized spacial score (nSPS) is 8.09. The SMILES string of the molecule is IC#CCOc1ccccc1. The van der Waals surface area contributed by atoms with Gasteiger partial charge >= 0.3 is 0 Å². The molecule has 1 aromatic rings. The largest absolute Gasteiger partial charge is 0.481 e. The maximum absolute atomic E-state index is 5.27. The van der Waals surface area contributed by atoms with Gasteiger partial charge in [-0.3, -0.25) is 0 Å². The zero-order valence-electron chi connectivity index (χ0n) is 5.88. The molecule has 0 aromatic heterocycles. The number of hydrogen-bond acceptors (Lipinski definition) is 1. The second kappa shape index (κ2) is 5.03. The summed E-state index contributed by atoms with van der Waals surface area (Å²) < 4.78 is 8.00. The monoisotopic (exact) mass is 258 g/mol. The van der Waals surface area contributed by atoms with Gasteiger partial charge in [0.05, 0.1) is 0 Å². The fourth-order valence-corrected chi connectivity index (χ4v) is 0.819. The summed E-state index contributed by atoms with van der Waals surface area (Å²) in [6, 6.07) is 9.65. The van der Waals surface area contributed by atoms with Crippen LogP contribution in [0.25, 0.3) is 0 Å². The average molecular weight is 258 g/mol.